The van der Waals surface area contributed by atoms with Crippen LogP contribution in [0.3, 0.4) is 0 Å². The number of rotatable bonds is 8. The van der Waals surface area contributed by atoms with Crippen LogP contribution in [0.5, 0.6) is 0 Å². The fourth-order valence-corrected chi connectivity index (χ4v) is 2.49. The zero-order valence-corrected chi connectivity index (χ0v) is 17.5. The maximum atomic E-state index is 12.2. The van der Waals surface area contributed by atoms with Crippen molar-refractivity contribution in [3.8, 4) is 0 Å². The number of amides is 1. The molecule has 152 valence electrons. The van der Waals surface area contributed by atoms with Gasteiger partial charge in [-0.15, -0.1) is 0 Å². The first-order valence-electron chi connectivity index (χ1n) is 9.26. The van der Waals surface area contributed by atoms with Gasteiger partial charge in [-0.05, 0) is 54.0 Å². The predicted octanol–water partition coefficient (Wildman–Crippen LogP) is 4.22. The van der Waals surface area contributed by atoms with E-state index >= 15 is 0 Å². The van der Waals surface area contributed by atoms with E-state index in [1.54, 1.807) is 27.7 Å². The second kappa shape index (κ2) is 9.74. The summed E-state index contributed by atoms with van der Waals surface area (Å²) in [7, 11) is 0. The molecule has 1 amide bonds. The Morgan fingerprint density at radius 2 is 1.63 bits per heavy atom. The van der Waals surface area contributed by atoms with E-state index in [0.29, 0.717) is 13.0 Å². The summed E-state index contributed by atoms with van der Waals surface area (Å²) in [5.74, 6) is -0.507. The molecule has 0 saturated carbocycles. The van der Waals surface area contributed by atoms with Gasteiger partial charge in [-0.25, -0.2) is 9.59 Å². The summed E-state index contributed by atoms with van der Waals surface area (Å²) in [4.78, 5) is 23.9. The van der Waals surface area contributed by atoms with E-state index in [1.165, 1.54) is 0 Å². The average molecular weight is 379 g/mol. The Morgan fingerprint density at radius 3 is 2.19 bits per heavy atom. The van der Waals surface area contributed by atoms with Crippen molar-refractivity contribution in [3.05, 3.63) is 35.9 Å². The van der Waals surface area contributed by atoms with Crippen LogP contribution in [0, 0.1) is 0 Å². The topological polar surface area (TPSA) is 73.9 Å². The van der Waals surface area contributed by atoms with Gasteiger partial charge in [0.25, 0.3) is 0 Å². The average Bonchev–Trinajstić information content (AvgIpc) is 2.51. The monoisotopic (exact) mass is 379 g/mol. The van der Waals surface area contributed by atoms with Crippen molar-refractivity contribution in [3.63, 3.8) is 0 Å². The first-order valence-corrected chi connectivity index (χ1v) is 9.26. The third-order valence-electron chi connectivity index (χ3n) is 3.66. The van der Waals surface area contributed by atoms with Crippen LogP contribution >= 0.6 is 0 Å². The molecule has 0 aliphatic carbocycles. The molecule has 0 aliphatic heterocycles. The molecular weight excluding hydrogens is 346 g/mol. The quantitative estimate of drug-likeness (QED) is 0.685. The van der Waals surface area contributed by atoms with Gasteiger partial charge >= 0.3 is 12.1 Å². The Morgan fingerprint density at radius 1 is 1.04 bits per heavy atom. The van der Waals surface area contributed by atoms with Crippen LogP contribution < -0.4 is 5.32 Å². The smallest absolute Gasteiger partial charge is 0.408 e. The SMILES string of the molecule is C[C@H](NC(=O)OC(C)(C)C)C(=O)O[C@@H](C)CC(C)(C)OCc1ccccc1. The van der Waals surface area contributed by atoms with E-state index in [0.717, 1.165) is 5.56 Å². The summed E-state index contributed by atoms with van der Waals surface area (Å²) in [6.45, 7) is 13.1. The predicted molar refractivity (Wildman–Crippen MR) is 104 cm³/mol. The maximum Gasteiger partial charge on any atom is 0.408 e. The van der Waals surface area contributed by atoms with Crippen molar-refractivity contribution in [1.82, 2.24) is 5.32 Å². The van der Waals surface area contributed by atoms with E-state index in [2.05, 4.69) is 5.32 Å². The van der Waals surface area contributed by atoms with Crippen molar-refractivity contribution in [1.29, 1.82) is 0 Å². The van der Waals surface area contributed by atoms with Crippen molar-refractivity contribution < 1.29 is 23.8 Å². The lowest BCUT2D eigenvalue weighted by molar-refractivity contribution is -0.154. The molecule has 0 aliphatic rings. The van der Waals surface area contributed by atoms with Crippen LogP contribution in [0.2, 0.25) is 0 Å². The molecule has 6 heteroatoms. The molecule has 1 aromatic carbocycles. The number of carbonyl (C=O) groups is 2. The fourth-order valence-electron chi connectivity index (χ4n) is 2.49. The summed E-state index contributed by atoms with van der Waals surface area (Å²) in [5, 5.41) is 2.48. The second-order valence-electron chi connectivity index (χ2n) is 8.35. The maximum absolute atomic E-state index is 12.2. The zero-order chi connectivity index (χ0) is 20.7. The molecular formula is C21H33NO5. The second-order valence-corrected chi connectivity index (χ2v) is 8.35. The van der Waals surface area contributed by atoms with E-state index < -0.39 is 29.3 Å². The Kier molecular flexibility index (Phi) is 8.28. The van der Waals surface area contributed by atoms with Crippen molar-refractivity contribution in [2.45, 2.75) is 84.8 Å². The van der Waals surface area contributed by atoms with Crippen molar-refractivity contribution in [2.75, 3.05) is 0 Å². The highest BCUT2D eigenvalue weighted by Crippen LogP contribution is 2.21. The minimum Gasteiger partial charge on any atom is -0.461 e. The number of alkyl carbamates (subject to hydrolysis) is 1. The van der Waals surface area contributed by atoms with Gasteiger partial charge < -0.3 is 19.5 Å². The van der Waals surface area contributed by atoms with Crippen LogP contribution in [0.1, 0.15) is 60.5 Å². The molecule has 6 nitrogen and oxygen atoms in total. The lowest BCUT2D eigenvalue weighted by Crippen LogP contribution is -2.43. The summed E-state index contributed by atoms with van der Waals surface area (Å²) >= 11 is 0. The largest absolute Gasteiger partial charge is 0.461 e. The van der Waals surface area contributed by atoms with Crippen LogP contribution in [0.25, 0.3) is 0 Å². The number of hydrogen-bond acceptors (Lipinski definition) is 5. The van der Waals surface area contributed by atoms with Crippen LogP contribution in [0.4, 0.5) is 4.79 Å². The summed E-state index contributed by atoms with van der Waals surface area (Å²) < 4.78 is 16.5. The van der Waals surface area contributed by atoms with Crippen LogP contribution in [-0.4, -0.2) is 35.4 Å². The number of hydrogen-bond donors (Lipinski definition) is 1. The van der Waals surface area contributed by atoms with Crippen molar-refractivity contribution in [2.24, 2.45) is 0 Å². The number of nitrogens with one attached hydrogen (secondary N) is 1. The van der Waals surface area contributed by atoms with Crippen molar-refractivity contribution >= 4 is 12.1 Å². The van der Waals surface area contributed by atoms with E-state index in [9.17, 15) is 9.59 Å². The molecule has 1 aromatic rings. The minimum atomic E-state index is -0.796. The van der Waals surface area contributed by atoms with E-state index in [4.69, 9.17) is 14.2 Å². The van der Waals surface area contributed by atoms with Gasteiger partial charge in [-0.3, -0.25) is 0 Å². The van der Waals surface area contributed by atoms with E-state index in [1.807, 2.05) is 51.1 Å². The molecule has 0 saturated heterocycles. The third-order valence-corrected chi connectivity index (χ3v) is 3.66. The van der Waals surface area contributed by atoms with Gasteiger partial charge in [0, 0.05) is 6.42 Å². The van der Waals surface area contributed by atoms with Crippen LogP contribution in [-0.2, 0) is 25.6 Å². The Bertz CT molecular complexity index is 607. The molecule has 0 radical (unpaired) electrons. The standard InChI is InChI=1S/C21H33NO5/c1-15(13-21(6,7)25-14-17-11-9-8-10-12-17)26-18(23)16(2)22-19(24)27-20(3,4)5/h8-12,15-16H,13-14H2,1-7H3,(H,22,24)/t15-,16-/m0/s1. The first-order chi connectivity index (χ1) is 12.4. The lowest BCUT2D eigenvalue weighted by Gasteiger charge is -2.29. The summed E-state index contributed by atoms with van der Waals surface area (Å²) in [5.41, 5.74) is 0.00350. The molecule has 1 N–H and O–H groups in total. The fraction of sp³-hybridized carbons (Fsp3) is 0.619. The number of esters is 1. The van der Waals surface area contributed by atoms with Gasteiger partial charge in [0.15, 0.2) is 0 Å². The molecule has 0 bridgehead atoms. The Balaban J connectivity index is 2.43. The molecule has 2 atom stereocenters. The lowest BCUT2D eigenvalue weighted by atomic mass is 10.0. The van der Waals surface area contributed by atoms with Crippen LogP contribution in [0.15, 0.2) is 30.3 Å². The normalized spacial score (nSPS) is 14.2. The van der Waals surface area contributed by atoms with Gasteiger partial charge in [0.1, 0.15) is 17.7 Å². The van der Waals surface area contributed by atoms with Gasteiger partial charge in [0.05, 0.1) is 12.2 Å². The molecule has 0 heterocycles. The molecule has 1 rings (SSSR count). The molecule has 0 spiro atoms. The Labute approximate surface area is 162 Å². The highest BCUT2D eigenvalue weighted by Gasteiger charge is 2.27. The number of carbonyl (C=O) groups excluding carboxylic acids is 2. The van der Waals surface area contributed by atoms with Gasteiger partial charge in [0.2, 0.25) is 0 Å². The molecule has 27 heavy (non-hydrogen) atoms. The van der Waals surface area contributed by atoms with E-state index in [-0.39, 0.29) is 6.10 Å². The molecule has 0 aromatic heterocycles. The third kappa shape index (κ3) is 9.99. The van der Waals surface area contributed by atoms with Gasteiger partial charge in [-0.2, -0.15) is 0 Å². The minimum absolute atomic E-state index is 0.355. The first kappa shape index (κ1) is 23.0. The van der Waals surface area contributed by atoms with Gasteiger partial charge in [-0.1, -0.05) is 30.3 Å². The molecule has 0 unspecified atom stereocenters. The highest BCUT2D eigenvalue weighted by molar-refractivity contribution is 5.81. The highest BCUT2D eigenvalue weighted by atomic mass is 16.6. The summed E-state index contributed by atoms with van der Waals surface area (Å²) in [6, 6.07) is 9.11. The zero-order valence-electron chi connectivity index (χ0n) is 17.5. The Hall–Kier alpha value is -2.08. The number of ether oxygens (including phenoxy) is 3. The number of benzene rings is 1. The molecule has 0 fully saturated rings. The summed E-state index contributed by atoms with van der Waals surface area (Å²) in [6.07, 6.45) is -0.470.